The molecule has 0 aromatic heterocycles. The Hall–Kier alpha value is -0.900. The Labute approximate surface area is 60.0 Å². The highest BCUT2D eigenvalue weighted by Crippen LogP contribution is 1.70. The fourth-order valence-corrected chi connectivity index (χ4v) is 0.530. The summed E-state index contributed by atoms with van der Waals surface area (Å²) in [6.45, 7) is 3.81. The van der Waals surface area contributed by atoms with E-state index in [0.29, 0.717) is 6.54 Å². The maximum absolute atomic E-state index is 10.4. The van der Waals surface area contributed by atoms with Crippen LogP contribution in [0.2, 0.25) is 0 Å². The van der Waals surface area contributed by atoms with Gasteiger partial charge in [0.15, 0.2) is 0 Å². The van der Waals surface area contributed by atoms with Crippen LogP contribution < -0.4 is 10.6 Å². The van der Waals surface area contributed by atoms with Gasteiger partial charge in [0.25, 0.3) is 0 Å². The fraction of sp³-hybridized carbons (Fsp3) is 0.667. The molecule has 0 aliphatic rings. The van der Waals surface area contributed by atoms with Gasteiger partial charge in [-0.1, -0.05) is 6.92 Å². The Morgan fingerprint density at radius 1 is 1.70 bits per heavy atom. The van der Waals surface area contributed by atoms with Gasteiger partial charge in [-0.3, -0.25) is 14.9 Å². The van der Waals surface area contributed by atoms with Gasteiger partial charge >= 0.3 is 0 Å². The second-order valence-electron chi connectivity index (χ2n) is 1.81. The number of hydrogen-bond acceptors (Lipinski definition) is 3. The Kier molecular flexibility index (Phi) is 4.49. The van der Waals surface area contributed by atoms with Crippen molar-refractivity contribution in [1.82, 2.24) is 10.6 Å². The van der Waals surface area contributed by atoms with E-state index in [1.165, 1.54) is 6.92 Å². The van der Waals surface area contributed by atoms with E-state index >= 15 is 0 Å². The van der Waals surface area contributed by atoms with E-state index < -0.39 is 6.17 Å². The van der Waals surface area contributed by atoms with Crippen LogP contribution in [0, 0.1) is 0 Å². The largest absolute Gasteiger partial charge is 0.334 e. The van der Waals surface area contributed by atoms with Crippen molar-refractivity contribution < 1.29 is 9.59 Å². The molecule has 1 radical (unpaired) electrons. The second-order valence-corrected chi connectivity index (χ2v) is 1.81. The van der Waals surface area contributed by atoms with Gasteiger partial charge in [-0.2, -0.15) is 0 Å². The van der Waals surface area contributed by atoms with Crippen molar-refractivity contribution in [3.8, 4) is 0 Å². The SMILES string of the molecule is CCNC([C]=O)NC(C)=O. The van der Waals surface area contributed by atoms with E-state index in [1.54, 1.807) is 6.29 Å². The molecule has 0 saturated heterocycles. The Morgan fingerprint density at radius 2 is 2.30 bits per heavy atom. The molecule has 0 heterocycles. The van der Waals surface area contributed by atoms with Crippen LogP contribution in [0.1, 0.15) is 13.8 Å². The summed E-state index contributed by atoms with van der Waals surface area (Å²) in [4.78, 5) is 20.4. The van der Waals surface area contributed by atoms with Crippen LogP contribution in [0.4, 0.5) is 0 Å². The molecule has 0 spiro atoms. The highest BCUT2D eigenvalue weighted by Gasteiger charge is 2.05. The first-order chi connectivity index (χ1) is 4.70. The first kappa shape index (κ1) is 9.10. The summed E-state index contributed by atoms with van der Waals surface area (Å²) in [6, 6.07) is 0. The molecule has 0 bridgehead atoms. The lowest BCUT2D eigenvalue weighted by Gasteiger charge is -2.09. The van der Waals surface area contributed by atoms with Gasteiger partial charge in [-0.15, -0.1) is 0 Å². The Balaban J connectivity index is 3.59. The van der Waals surface area contributed by atoms with Crippen molar-refractivity contribution in [2.24, 2.45) is 0 Å². The average molecular weight is 143 g/mol. The molecule has 1 unspecified atom stereocenters. The summed E-state index contributed by atoms with van der Waals surface area (Å²) in [5, 5.41) is 5.06. The molecule has 10 heavy (non-hydrogen) atoms. The number of amides is 1. The van der Waals surface area contributed by atoms with Crippen molar-refractivity contribution in [3.05, 3.63) is 0 Å². The molecular weight excluding hydrogens is 132 g/mol. The Bertz CT molecular complexity index is 125. The quantitative estimate of drug-likeness (QED) is 0.505. The number of carbonyl (C=O) groups is 1. The van der Waals surface area contributed by atoms with Crippen LogP contribution in [0.5, 0.6) is 0 Å². The van der Waals surface area contributed by atoms with Crippen molar-refractivity contribution >= 4 is 12.2 Å². The van der Waals surface area contributed by atoms with Gasteiger partial charge in [-0.25, -0.2) is 0 Å². The predicted octanol–water partition coefficient (Wildman–Crippen LogP) is -0.832. The maximum atomic E-state index is 10.4. The molecule has 0 aromatic carbocycles. The van der Waals surface area contributed by atoms with Crippen molar-refractivity contribution in [1.29, 1.82) is 0 Å². The third kappa shape index (κ3) is 4.03. The lowest BCUT2D eigenvalue weighted by molar-refractivity contribution is -0.119. The summed E-state index contributed by atoms with van der Waals surface area (Å²) >= 11 is 0. The van der Waals surface area contributed by atoms with Crippen LogP contribution in [-0.4, -0.2) is 24.9 Å². The lowest BCUT2D eigenvalue weighted by Crippen LogP contribution is -2.45. The number of nitrogens with one attached hydrogen (secondary N) is 2. The number of hydrogen-bond donors (Lipinski definition) is 2. The molecule has 2 N–H and O–H groups in total. The van der Waals surface area contributed by atoms with Crippen LogP contribution >= 0.6 is 0 Å². The number of likely N-dealkylation sites (N-methyl/N-ethyl adjacent to an activating group) is 1. The molecule has 4 nitrogen and oxygen atoms in total. The van der Waals surface area contributed by atoms with Crippen molar-refractivity contribution in [3.63, 3.8) is 0 Å². The molecular formula is C6H11N2O2. The predicted molar refractivity (Wildman–Crippen MR) is 37.0 cm³/mol. The van der Waals surface area contributed by atoms with Crippen LogP contribution in [0.25, 0.3) is 0 Å². The highest BCUT2D eigenvalue weighted by molar-refractivity contribution is 5.77. The van der Waals surface area contributed by atoms with Gasteiger partial charge in [0.2, 0.25) is 12.2 Å². The van der Waals surface area contributed by atoms with Gasteiger partial charge in [0, 0.05) is 6.92 Å². The molecule has 0 fully saturated rings. The fourth-order valence-electron chi connectivity index (χ4n) is 0.530. The monoisotopic (exact) mass is 143 g/mol. The molecule has 57 valence electrons. The molecule has 0 aliphatic heterocycles. The minimum atomic E-state index is -0.664. The van der Waals surface area contributed by atoms with Crippen LogP contribution in [0.3, 0.4) is 0 Å². The van der Waals surface area contributed by atoms with Gasteiger partial charge < -0.3 is 5.32 Å². The van der Waals surface area contributed by atoms with Crippen molar-refractivity contribution in [2.45, 2.75) is 20.0 Å². The first-order valence-corrected chi connectivity index (χ1v) is 3.08. The molecule has 0 aliphatic carbocycles. The van der Waals surface area contributed by atoms with E-state index in [2.05, 4.69) is 10.6 Å². The van der Waals surface area contributed by atoms with E-state index in [-0.39, 0.29) is 5.91 Å². The Morgan fingerprint density at radius 3 is 2.60 bits per heavy atom. The van der Waals surface area contributed by atoms with Crippen molar-refractivity contribution in [2.75, 3.05) is 6.54 Å². The molecule has 1 atom stereocenters. The third-order valence-electron chi connectivity index (χ3n) is 0.874. The topological polar surface area (TPSA) is 58.2 Å². The zero-order valence-corrected chi connectivity index (χ0v) is 6.10. The summed E-state index contributed by atoms with van der Waals surface area (Å²) in [5.74, 6) is -0.241. The van der Waals surface area contributed by atoms with Gasteiger partial charge in [-0.05, 0) is 6.54 Å². The maximum Gasteiger partial charge on any atom is 0.238 e. The van der Waals surface area contributed by atoms with Crippen LogP contribution in [0.15, 0.2) is 0 Å². The molecule has 0 saturated carbocycles. The number of rotatable bonds is 4. The van der Waals surface area contributed by atoms with Crippen LogP contribution in [-0.2, 0) is 9.59 Å². The summed E-state index contributed by atoms with van der Waals surface area (Å²) in [5.41, 5.74) is 0. The lowest BCUT2D eigenvalue weighted by atomic mass is 10.5. The smallest absolute Gasteiger partial charge is 0.238 e. The molecule has 1 amide bonds. The highest BCUT2D eigenvalue weighted by atomic mass is 16.2. The minimum Gasteiger partial charge on any atom is -0.334 e. The standard InChI is InChI=1S/C6H11N2O2/c1-3-7-6(4-9)8-5(2)10/h6-7H,3H2,1-2H3,(H,8,10). The van der Waals surface area contributed by atoms with E-state index in [0.717, 1.165) is 0 Å². The molecule has 0 aromatic rings. The van der Waals surface area contributed by atoms with E-state index in [9.17, 15) is 9.59 Å². The zero-order chi connectivity index (χ0) is 7.98. The first-order valence-electron chi connectivity index (χ1n) is 3.08. The summed E-state index contributed by atoms with van der Waals surface area (Å²) < 4.78 is 0. The average Bonchev–Trinajstić information content (AvgIpc) is 1.86. The van der Waals surface area contributed by atoms with Gasteiger partial charge in [0.1, 0.15) is 6.17 Å². The van der Waals surface area contributed by atoms with E-state index in [1.807, 2.05) is 6.92 Å². The minimum absolute atomic E-state index is 0.241. The third-order valence-corrected chi connectivity index (χ3v) is 0.874. The number of carbonyl (C=O) groups excluding carboxylic acids is 2. The normalized spacial score (nSPS) is 12.2. The summed E-state index contributed by atoms with van der Waals surface area (Å²) in [6.07, 6.45) is 0.977. The molecule has 4 heteroatoms. The zero-order valence-electron chi connectivity index (χ0n) is 6.10. The molecule has 0 rings (SSSR count). The van der Waals surface area contributed by atoms with Gasteiger partial charge in [0.05, 0.1) is 0 Å². The second kappa shape index (κ2) is 4.93. The van der Waals surface area contributed by atoms with E-state index in [4.69, 9.17) is 0 Å². The summed E-state index contributed by atoms with van der Waals surface area (Å²) in [7, 11) is 0.